The van der Waals surface area contributed by atoms with E-state index in [4.69, 9.17) is 4.74 Å². The van der Waals surface area contributed by atoms with E-state index < -0.39 is 0 Å². The lowest BCUT2D eigenvalue weighted by molar-refractivity contribution is 0.303. The molecule has 72 valence electrons. The summed E-state index contributed by atoms with van der Waals surface area (Å²) in [5.41, 5.74) is 0.951. The summed E-state index contributed by atoms with van der Waals surface area (Å²) >= 11 is 2.26. The molecule has 1 saturated carbocycles. The third kappa shape index (κ3) is 1.47. The molecule has 0 atom stereocenters. The molecule has 4 heteroatoms. The minimum atomic E-state index is 0.450. The number of rotatable bonds is 2. The summed E-state index contributed by atoms with van der Waals surface area (Å²) < 4.78 is 8.85. The Balaban J connectivity index is 2.01. The lowest BCUT2D eigenvalue weighted by Gasteiger charge is -2.04. The highest BCUT2D eigenvalue weighted by molar-refractivity contribution is 14.1. The summed E-state index contributed by atoms with van der Waals surface area (Å²) in [5.74, 6) is 0.932. The first-order valence-corrected chi connectivity index (χ1v) is 5.70. The predicted molar refractivity (Wildman–Crippen MR) is 61.6 cm³/mol. The van der Waals surface area contributed by atoms with Gasteiger partial charge >= 0.3 is 0 Å². The Kier molecular flexibility index (Phi) is 1.90. The largest absolute Gasteiger partial charge is 0.490 e. The number of halogens is 1. The monoisotopic (exact) mass is 300 g/mol. The number of imidazole rings is 1. The minimum Gasteiger partial charge on any atom is -0.490 e. The molecular formula is C10H9IN2O. The van der Waals surface area contributed by atoms with Crippen LogP contribution in [0.5, 0.6) is 5.75 Å². The third-order valence-electron chi connectivity index (χ3n) is 2.27. The predicted octanol–water partition coefficient (Wildman–Crippen LogP) is 2.48. The van der Waals surface area contributed by atoms with Crippen LogP contribution in [0.1, 0.15) is 12.8 Å². The number of hydrogen-bond acceptors (Lipinski definition) is 2. The van der Waals surface area contributed by atoms with Crippen LogP contribution in [0.4, 0.5) is 0 Å². The van der Waals surface area contributed by atoms with Gasteiger partial charge in [0, 0.05) is 12.3 Å². The molecule has 1 fully saturated rings. The molecule has 0 aliphatic heterocycles. The van der Waals surface area contributed by atoms with Crippen molar-refractivity contribution in [2.24, 2.45) is 0 Å². The van der Waals surface area contributed by atoms with Gasteiger partial charge in [-0.15, -0.1) is 0 Å². The highest BCUT2D eigenvalue weighted by Crippen LogP contribution is 2.27. The highest BCUT2D eigenvalue weighted by Gasteiger charge is 2.23. The molecule has 2 heterocycles. The smallest absolute Gasteiger partial charge is 0.141 e. The first kappa shape index (κ1) is 8.52. The summed E-state index contributed by atoms with van der Waals surface area (Å²) in [7, 11) is 0. The molecule has 0 radical (unpaired) electrons. The van der Waals surface area contributed by atoms with Crippen molar-refractivity contribution in [1.82, 2.24) is 9.38 Å². The lowest BCUT2D eigenvalue weighted by atomic mass is 10.4. The molecule has 0 unspecified atom stereocenters. The van der Waals surface area contributed by atoms with E-state index in [1.807, 2.05) is 28.9 Å². The van der Waals surface area contributed by atoms with E-state index in [0.717, 1.165) is 15.1 Å². The van der Waals surface area contributed by atoms with E-state index in [2.05, 4.69) is 27.6 Å². The normalized spacial score (nSPS) is 16.1. The van der Waals surface area contributed by atoms with Crippen LogP contribution in [0.25, 0.3) is 5.65 Å². The summed E-state index contributed by atoms with van der Waals surface area (Å²) in [6.45, 7) is 0. The first-order chi connectivity index (χ1) is 6.83. The zero-order valence-corrected chi connectivity index (χ0v) is 9.64. The van der Waals surface area contributed by atoms with Gasteiger partial charge in [-0.25, -0.2) is 4.98 Å². The second-order valence-electron chi connectivity index (χ2n) is 3.49. The van der Waals surface area contributed by atoms with Crippen molar-refractivity contribution in [3.63, 3.8) is 0 Å². The Morgan fingerprint density at radius 2 is 2.36 bits per heavy atom. The Labute approximate surface area is 95.2 Å². The van der Waals surface area contributed by atoms with Gasteiger partial charge in [-0.2, -0.15) is 0 Å². The molecule has 2 aromatic rings. The summed E-state index contributed by atoms with van der Waals surface area (Å²) in [5, 5.41) is 0. The van der Waals surface area contributed by atoms with Gasteiger partial charge in [0.05, 0.1) is 12.3 Å². The Bertz CT molecular complexity index is 476. The van der Waals surface area contributed by atoms with Crippen LogP contribution in [-0.4, -0.2) is 15.5 Å². The van der Waals surface area contributed by atoms with Crippen LogP contribution in [0, 0.1) is 3.70 Å². The molecule has 3 nitrogen and oxygen atoms in total. The van der Waals surface area contributed by atoms with Gasteiger partial charge in [0.15, 0.2) is 0 Å². The fourth-order valence-electron chi connectivity index (χ4n) is 1.38. The quantitative estimate of drug-likeness (QED) is 0.797. The second kappa shape index (κ2) is 3.12. The number of ether oxygens (including phenoxy) is 1. The van der Waals surface area contributed by atoms with Crippen molar-refractivity contribution in [3.05, 3.63) is 28.2 Å². The van der Waals surface area contributed by atoms with Gasteiger partial charge in [-0.1, -0.05) is 0 Å². The van der Waals surface area contributed by atoms with Gasteiger partial charge < -0.3 is 4.74 Å². The van der Waals surface area contributed by atoms with Crippen LogP contribution >= 0.6 is 22.6 Å². The summed E-state index contributed by atoms with van der Waals surface area (Å²) in [6.07, 6.45) is 6.69. The van der Waals surface area contributed by atoms with Crippen molar-refractivity contribution in [1.29, 1.82) is 0 Å². The zero-order valence-electron chi connectivity index (χ0n) is 7.48. The average Bonchev–Trinajstić information content (AvgIpc) is 2.92. The molecule has 0 saturated heterocycles. The van der Waals surface area contributed by atoms with E-state index >= 15 is 0 Å². The standard InChI is InChI=1S/C10H9IN2O/c11-9-6-12-10-5-8(3-4-13(9)10)14-7-1-2-7/h3-7H,1-2H2. The average molecular weight is 300 g/mol. The van der Waals surface area contributed by atoms with Crippen molar-refractivity contribution in [2.75, 3.05) is 0 Å². The fourth-order valence-corrected chi connectivity index (χ4v) is 1.93. The molecule has 0 spiro atoms. The highest BCUT2D eigenvalue weighted by atomic mass is 127. The maximum atomic E-state index is 5.69. The van der Waals surface area contributed by atoms with E-state index in [0.29, 0.717) is 6.10 Å². The zero-order chi connectivity index (χ0) is 9.54. The number of aromatic nitrogens is 2. The van der Waals surface area contributed by atoms with E-state index in [9.17, 15) is 0 Å². The van der Waals surface area contributed by atoms with E-state index in [-0.39, 0.29) is 0 Å². The molecule has 1 aliphatic carbocycles. The maximum Gasteiger partial charge on any atom is 0.141 e. The number of fused-ring (bicyclic) bond motifs is 1. The van der Waals surface area contributed by atoms with Gasteiger partial charge in [-0.05, 0) is 41.5 Å². The lowest BCUT2D eigenvalue weighted by Crippen LogP contribution is -1.96. The van der Waals surface area contributed by atoms with Gasteiger partial charge in [0.2, 0.25) is 0 Å². The van der Waals surface area contributed by atoms with Crippen molar-refractivity contribution >= 4 is 28.2 Å². The van der Waals surface area contributed by atoms with Crippen LogP contribution in [-0.2, 0) is 0 Å². The minimum absolute atomic E-state index is 0.450. The SMILES string of the molecule is Ic1cnc2cc(OC3CC3)ccn12. The van der Waals surface area contributed by atoms with E-state index in [1.54, 1.807) is 0 Å². The Morgan fingerprint density at radius 1 is 1.50 bits per heavy atom. The molecule has 3 rings (SSSR count). The number of nitrogens with zero attached hydrogens (tertiary/aromatic N) is 2. The first-order valence-electron chi connectivity index (χ1n) is 4.62. The Morgan fingerprint density at radius 3 is 3.14 bits per heavy atom. The van der Waals surface area contributed by atoms with Crippen molar-refractivity contribution in [3.8, 4) is 5.75 Å². The van der Waals surface area contributed by atoms with E-state index in [1.165, 1.54) is 12.8 Å². The van der Waals surface area contributed by atoms with Gasteiger partial charge in [-0.3, -0.25) is 4.40 Å². The molecule has 14 heavy (non-hydrogen) atoms. The van der Waals surface area contributed by atoms with Crippen LogP contribution in [0.15, 0.2) is 24.5 Å². The molecule has 0 bridgehead atoms. The summed E-state index contributed by atoms with van der Waals surface area (Å²) in [6, 6.07) is 3.98. The van der Waals surface area contributed by atoms with Crippen molar-refractivity contribution < 1.29 is 4.74 Å². The van der Waals surface area contributed by atoms with Crippen LogP contribution in [0.3, 0.4) is 0 Å². The Hall–Kier alpha value is -0.780. The molecule has 0 aromatic carbocycles. The molecular weight excluding hydrogens is 291 g/mol. The molecule has 0 amide bonds. The van der Waals surface area contributed by atoms with Gasteiger partial charge in [0.1, 0.15) is 15.1 Å². The molecule has 2 aromatic heterocycles. The number of hydrogen-bond donors (Lipinski definition) is 0. The fraction of sp³-hybridized carbons (Fsp3) is 0.300. The van der Waals surface area contributed by atoms with Crippen molar-refractivity contribution in [2.45, 2.75) is 18.9 Å². The third-order valence-corrected chi connectivity index (χ3v) is 3.06. The van der Waals surface area contributed by atoms with Gasteiger partial charge in [0.25, 0.3) is 0 Å². The molecule has 0 N–H and O–H groups in total. The topological polar surface area (TPSA) is 26.5 Å². The van der Waals surface area contributed by atoms with Crippen LogP contribution < -0.4 is 4.74 Å². The molecule has 1 aliphatic rings. The second-order valence-corrected chi connectivity index (χ2v) is 4.59. The van der Waals surface area contributed by atoms with Crippen LogP contribution in [0.2, 0.25) is 0 Å². The summed E-state index contributed by atoms with van der Waals surface area (Å²) in [4.78, 5) is 4.28. The number of pyridine rings is 1. The maximum absolute atomic E-state index is 5.69.